The predicted octanol–water partition coefficient (Wildman–Crippen LogP) is -7.46. The summed E-state index contributed by atoms with van der Waals surface area (Å²) in [5, 5.41) is 66.1. The Kier molecular flexibility index (Phi) is 38.4. The number of benzene rings is 2. The minimum absolute atomic E-state index is 0.00964. The van der Waals surface area contributed by atoms with Crippen LogP contribution < -0.4 is 87.2 Å². The zero-order valence-electron chi connectivity index (χ0n) is 64.9. The van der Waals surface area contributed by atoms with E-state index in [1.165, 1.54) is 64.6 Å². The van der Waals surface area contributed by atoms with Gasteiger partial charge >= 0.3 is 5.97 Å². The van der Waals surface area contributed by atoms with Crippen LogP contribution in [0, 0.1) is 5.92 Å². The summed E-state index contributed by atoms with van der Waals surface area (Å²) in [4.78, 5) is 240. The molecule has 0 unspecified atom stereocenters. The molecule has 2 aromatic carbocycles. The average molecular weight is 1640 g/mol. The quantitative estimate of drug-likeness (QED) is 0.0166. The van der Waals surface area contributed by atoms with Crippen molar-refractivity contribution in [3.8, 4) is 5.75 Å². The van der Waals surface area contributed by atoms with Gasteiger partial charge in [0, 0.05) is 45.4 Å². The zero-order chi connectivity index (χ0) is 85.3. The molecule has 0 radical (unpaired) electrons. The number of nitrogens with two attached hydrogens (primary N) is 5. The van der Waals surface area contributed by atoms with E-state index in [2.05, 4.69) is 63.5 Å². The summed E-state index contributed by atoms with van der Waals surface area (Å²) in [5.74, 6) is -16.0. The molecule has 3 heterocycles. The first-order valence-electron chi connectivity index (χ1n) is 37.8. The van der Waals surface area contributed by atoms with E-state index in [-0.39, 0.29) is 114 Å². The van der Waals surface area contributed by atoms with Crippen molar-refractivity contribution in [1.82, 2.24) is 73.2 Å². The van der Waals surface area contributed by atoms with Crippen LogP contribution in [0.3, 0.4) is 0 Å². The maximum atomic E-state index is 15.1. The summed E-state index contributed by atoms with van der Waals surface area (Å²) < 4.78 is 0. The monoisotopic (exact) mass is 1630 g/mol. The molecule has 2 aromatic rings. The zero-order valence-corrected chi connectivity index (χ0v) is 65.7. The Morgan fingerprint density at radius 3 is 1.53 bits per heavy atom. The number of aliphatic imine (C=N–C) groups is 1. The van der Waals surface area contributed by atoms with Gasteiger partial charge in [0.2, 0.25) is 94.5 Å². The number of hydrogen-bond donors (Lipinski definition) is 20. The minimum Gasteiger partial charge on any atom is -0.508 e. The number of primary amides is 2. The van der Waals surface area contributed by atoms with Crippen molar-refractivity contribution in [1.29, 1.82) is 0 Å². The Hall–Kier alpha value is -11.3. The van der Waals surface area contributed by atoms with Gasteiger partial charge in [0.15, 0.2) is 5.96 Å². The second kappa shape index (κ2) is 46.8. The van der Waals surface area contributed by atoms with Crippen LogP contribution >= 0.6 is 11.8 Å². The molecule has 5 rings (SSSR count). The van der Waals surface area contributed by atoms with Gasteiger partial charge < -0.3 is 122 Å². The number of thioether (sulfide) groups is 1. The average Bonchev–Trinajstić information content (AvgIpc) is 1.71. The molecular formula is C73H110N20O21S. The lowest BCUT2D eigenvalue weighted by Gasteiger charge is -2.31. The number of carbonyl (C=O) groups is 17. The second-order valence-corrected chi connectivity index (χ2v) is 29.7. The van der Waals surface area contributed by atoms with Crippen LogP contribution in [0.1, 0.15) is 122 Å². The number of amides is 16. The number of nitrogens with one attached hydrogen (secondary N) is 11. The van der Waals surface area contributed by atoms with Crippen molar-refractivity contribution in [2.24, 2.45) is 39.6 Å². The maximum absolute atomic E-state index is 15.1. The molecule has 41 nitrogen and oxygen atoms in total. The number of nitrogens with zero attached hydrogens (tertiary/aromatic N) is 4. The van der Waals surface area contributed by atoms with E-state index >= 15 is 4.79 Å². The van der Waals surface area contributed by atoms with Gasteiger partial charge in [-0.2, -0.15) is 11.8 Å². The molecule has 0 spiro atoms. The Balaban J connectivity index is 1.30. The molecule has 3 aliphatic rings. The first-order valence-corrected chi connectivity index (χ1v) is 39.2. The fourth-order valence-corrected chi connectivity index (χ4v) is 13.6. The Labute approximate surface area is 668 Å². The highest BCUT2D eigenvalue weighted by molar-refractivity contribution is 7.98. The largest absolute Gasteiger partial charge is 0.508 e. The molecule has 3 fully saturated rings. The van der Waals surface area contributed by atoms with Crippen LogP contribution in [0.25, 0.3) is 0 Å². The maximum Gasteiger partial charge on any atom is 0.326 e. The number of carbonyl (C=O) groups excluding carboxylic acids is 16. The summed E-state index contributed by atoms with van der Waals surface area (Å²) in [6.45, 7) is 3.64. The summed E-state index contributed by atoms with van der Waals surface area (Å²) >= 11 is 1.29. The molecule has 25 N–H and O–H groups in total. The summed E-state index contributed by atoms with van der Waals surface area (Å²) in [6.07, 6.45) is 0.951. The second-order valence-electron chi connectivity index (χ2n) is 28.7. The number of carboxylic acid groups (broad SMARTS) is 1. The lowest BCUT2D eigenvalue weighted by Crippen LogP contribution is -2.61. The Morgan fingerprint density at radius 2 is 0.974 bits per heavy atom. The molecule has 634 valence electrons. The molecule has 0 saturated carbocycles. The Morgan fingerprint density at radius 1 is 0.496 bits per heavy atom. The van der Waals surface area contributed by atoms with E-state index < -0.39 is 224 Å². The van der Waals surface area contributed by atoms with Gasteiger partial charge in [-0.3, -0.25) is 81.7 Å². The van der Waals surface area contributed by atoms with Crippen LogP contribution in [0.15, 0.2) is 59.6 Å². The lowest BCUT2D eigenvalue weighted by molar-refractivity contribution is -0.149. The molecule has 16 amide bonds. The van der Waals surface area contributed by atoms with E-state index in [1.54, 1.807) is 36.6 Å². The standard InChI is InChI=1S/C73H110N20O21S/c1-38(2)31-50(70(111)93-29-12-18-55(93)72(113)114)88-66(107)48(32-42-19-21-43(96)22-20-42)86-67(108)53-16-10-27-91(53)69(110)40(4)82-65(106)49(34-57(76)98)87-68(109)54-17-11-28-92(54)71(112)51(33-41-13-7-6-8-14-41)89-64(105)47(25-30-115-5)85-63(104)45(15-9-26-79-73(77)78)84-59(100)39(3)81-62(103)46(23-24-56(75)97)83-58(99)35-80-61(102)52(37-95)90-60(101)44(74)36-94/h6-8,13-14,19-22,38-40,44-55,94-96H,9-12,15-18,23-37,74H2,1-5H3,(H2,75,97)(H2,76,98)(H,80,102)(H,81,103)(H,82,106)(H,83,99)(H,84,100)(H,85,104)(H,86,108)(H,87,109)(H,88,107)(H,89,105)(H,90,101)(H,113,114)(H4,77,78,79)/t39-,40-,44-,45-,46-,47-,48-,49-,50-,51-,52-,53-,54-,55-/m0/s1. The number of aliphatic carboxylic acids is 1. The number of aliphatic hydroxyl groups is 2. The van der Waals surface area contributed by atoms with Crippen molar-refractivity contribution in [2.45, 2.75) is 209 Å². The normalized spacial score (nSPS) is 18.0. The number of likely N-dealkylation sites (tertiary alicyclic amines) is 3. The van der Waals surface area contributed by atoms with Gasteiger partial charge in [-0.05, 0) is 126 Å². The molecule has 3 aliphatic heterocycles. The number of guanidine groups is 1. The van der Waals surface area contributed by atoms with Crippen molar-refractivity contribution in [2.75, 3.05) is 57.9 Å². The summed E-state index contributed by atoms with van der Waals surface area (Å²) in [7, 11) is 0. The highest BCUT2D eigenvalue weighted by atomic mass is 32.2. The van der Waals surface area contributed by atoms with Crippen LogP contribution in [0.5, 0.6) is 5.75 Å². The number of carboxylic acids is 1. The molecule has 0 aliphatic carbocycles. The molecule has 115 heavy (non-hydrogen) atoms. The third-order valence-corrected chi connectivity index (χ3v) is 19.8. The molecule has 42 heteroatoms. The van der Waals surface area contributed by atoms with E-state index in [1.807, 2.05) is 13.8 Å². The van der Waals surface area contributed by atoms with Crippen LogP contribution in [0.2, 0.25) is 0 Å². The fraction of sp³-hybridized carbons (Fsp3) is 0.589. The van der Waals surface area contributed by atoms with Gasteiger partial charge in [0.1, 0.15) is 90.3 Å². The molecular weight excluding hydrogens is 1520 g/mol. The van der Waals surface area contributed by atoms with E-state index in [0.717, 1.165) is 0 Å². The third-order valence-electron chi connectivity index (χ3n) is 19.2. The number of hydrogen-bond acceptors (Lipinski definition) is 23. The number of aliphatic hydroxyl groups excluding tert-OH is 2. The smallest absolute Gasteiger partial charge is 0.326 e. The van der Waals surface area contributed by atoms with Gasteiger partial charge in [0.25, 0.3) is 0 Å². The van der Waals surface area contributed by atoms with Gasteiger partial charge in [-0.15, -0.1) is 0 Å². The van der Waals surface area contributed by atoms with Crippen molar-refractivity contribution >= 4 is 118 Å². The van der Waals surface area contributed by atoms with E-state index in [0.29, 0.717) is 24.0 Å². The lowest BCUT2D eigenvalue weighted by atomic mass is 10.00. The minimum atomic E-state index is -1.75. The Bertz CT molecular complexity index is 3800. The SMILES string of the molecule is CSCC[C@H](NC(=O)[C@H](CCCN=C(N)N)NC(=O)[C@H](C)NC(=O)[C@H](CCC(N)=O)NC(=O)CNC(=O)[C@H](CO)NC(=O)[C@@H](N)CO)C(=O)N[C@@H](Cc1ccccc1)C(=O)N1CCC[C@H]1C(=O)N[C@@H](CC(N)=O)C(=O)N[C@@H](C)C(=O)N1CCC[C@H]1C(=O)N[C@@H](Cc1ccc(O)cc1)C(=O)N[C@@H](CC(C)C)C(=O)N1CCC[C@H]1C(=O)O. The van der Waals surface area contributed by atoms with Gasteiger partial charge in [0.05, 0.1) is 26.2 Å². The first-order chi connectivity index (χ1) is 54.5. The number of phenols is 1. The molecule has 14 atom stereocenters. The number of rotatable bonds is 46. The molecule has 0 aromatic heterocycles. The van der Waals surface area contributed by atoms with Crippen molar-refractivity contribution in [3.63, 3.8) is 0 Å². The first kappa shape index (κ1) is 94.3. The molecule has 3 saturated heterocycles. The van der Waals surface area contributed by atoms with Crippen molar-refractivity contribution in [3.05, 3.63) is 65.7 Å². The highest BCUT2D eigenvalue weighted by Gasteiger charge is 2.44. The highest BCUT2D eigenvalue weighted by Crippen LogP contribution is 2.25. The van der Waals surface area contributed by atoms with E-state index in [9.17, 15) is 92.0 Å². The van der Waals surface area contributed by atoms with E-state index in [4.69, 9.17) is 33.8 Å². The topological polar surface area (TPSA) is 656 Å². The van der Waals surface area contributed by atoms with Crippen molar-refractivity contribution < 1.29 is 102 Å². The summed E-state index contributed by atoms with van der Waals surface area (Å²) in [5.41, 5.74) is 28.5. The third kappa shape index (κ3) is 30.2. The summed E-state index contributed by atoms with van der Waals surface area (Å²) in [6, 6.07) is -5.66. The van der Waals surface area contributed by atoms with Gasteiger partial charge in [-0.25, -0.2) is 4.79 Å². The predicted molar refractivity (Wildman–Crippen MR) is 414 cm³/mol. The van der Waals surface area contributed by atoms with Crippen LogP contribution in [-0.4, -0.2) is 284 Å². The van der Waals surface area contributed by atoms with Crippen LogP contribution in [0.4, 0.5) is 0 Å². The van der Waals surface area contributed by atoms with Crippen LogP contribution in [-0.2, 0) is 94.3 Å². The number of phenolic OH excluding ortho intramolecular Hbond substituents is 1. The van der Waals surface area contributed by atoms with Gasteiger partial charge in [-0.1, -0.05) is 56.3 Å². The molecule has 0 bridgehead atoms. The number of aromatic hydroxyl groups is 1. The fourth-order valence-electron chi connectivity index (χ4n) is 13.1.